The van der Waals surface area contributed by atoms with Gasteiger partial charge in [0, 0.05) is 5.56 Å². The molecule has 106 valence electrons. The van der Waals surface area contributed by atoms with Crippen molar-refractivity contribution < 1.29 is 18.0 Å². The highest BCUT2D eigenvalue weighted by Gasteiger charge is 2.29. The Kier molecular flexibility index (Phi) is 4.24. The van der Waals surface area contributed by atoms with Gasteiger partial charge in [-0.05, 0) is 34.1 Å². The van der Waals surface area contributed by atoms with E-state index >= 15 is 0 Å². The molecule has 6 nitrogen and oxygen atoms in total. The summed E-state index contributed by atoms with van der Waals surface area (Å²) in [4.78, 5) is 23.3. The van der Waals surface area contributed by atoms with Gasteiger partial charge in [0.15, 0.2) is 9.84 Å². The lowest BCUT2D eigenvalue weighted by Gasteiger charge is -2.10. The van der Waals surface area contributed by atoms with Crippen LogP contribution in [0.25, 0.3) is 0 Å². The maximum atomic E-state index is 11.7. The molecule has 0 bridgehead atoms. The minimum absolute atomic E-state index is 0.0460. The van der Waals surface area contributed by atoms with Crippen LogP contribution in [0.15, 0.2) is 40.2 Å². The predicted molar refractivity (Wildman–Crippen MR) is 77.0 cm³/mol. The number of benzene rings is 1. The number of hydrogen-bond acceptors (Lipinski definition) is 4. The van der Waals surface area contributed by atoms with Gasteiger partial charge in [-0.15, -0.1) is 0 Å². The molecule has 0 saturated heterocycles. The van der Waals surface area contributed by atoms with Gasteiger partial charge < -0.3 is 5.32 Å². The molecule has 0 radical (unpaired) electrons. The van der Waals surface area contributed by atoms with Gasteiger partial charge in [-0.25, -0.2) is 13.2 Å². The van der Waals surface area contributed by atoms with Crippen LogP contribution in [0, 0.1) is 0 Å². The second kappa shape index (κ2) is 5.76. The molecule has 1 aromatic rings. The van der Waals surface area contributed by atoms with Crippen LogP contribution in [0.5, 0.6) is 0 Å². The van der Waals surface area contributed by atoms with Gasteiger partial charge in [-0.3, -0.25) is 10.1 Å². The van der Waals surface area contributed by atoms with E-state index in [2.05, 4.69) is 26.6 Å². The average molecular weight is 359 g/mol. The molecule has 0 saturated carbocycles. The molecule has 3 amide bonds. The zero-order valence-corrected chi connectivity index (χ0v) is 12.6. The Balaban J connectivity index is 1.93. The number of urea groups is 1. The van der Waals surface area contributed by atoms with Crippen molar-refractivity contribution in [3.63, 3.8) is 0 Å². The summed E-state index contributed by atoms with van der Waals surface area (Å²) in [5.74, 6) is -0.771. The molecule has 1 atom stereocenters. The first-order valence-corrected chi connectivity index (χ1v) is 8.10. The van der Waals surface area contributed by atoms with E-state index in [9.17, 15) is 18.0 Å². The first-order valence-electron chi connectivity index (χ1n) is 5.65. The van der Waals surface area contributed by atoms with Crippen molar-refractivity contribution in [3.05, 3.63) is 45.8 Å². The Morgan fingerprint density at radius 3 is 2.40 bits per heavy atom. The quantitative estimate of drug-likeness (QED) is 0.829. The first-order chi connectivity index (χ1) is 9.38. The van der Waals surface area contributed by atoms with E-state index in [4.69, 9.17) is 0 Å². The van der Waals surface area contributed by atoms with Crippen molar-refractivity contribution in [1.29, 1.82) is 0 Å². The highest BCUT2D eigenvalue weighted by Crippen LogP contribution is 2.23. The van der Waals surface area contributed by atoms with Crippen molar-refractivity contribution in [3.8, 4) is 0 Å². The minimum atomic E-state index is -3.35. The molecule has 8 heteroatoms. The van der Waals surface area contributed by atoms with Gasteiger partial charge in [0.1, 0.15) is 3.81 Å². The molecule has 2 rings (SSSR count). The molecular formula is C12H11BrN2O4S. The summed E-state index contributed by atoms with van der Waals surface area (Å²) in [6.45, 7) is 0. The molecule has 0 aliphatic carbocycles. The largest absolute Gasteiger partial charge is 0.330 e. The number of halogens is 1. The van der Waals surface area contributed by atoms with Gasteiger partial charge >= 0.3 is 6.03 Å². The number of amides is 3. The molecule has 0 fully saturated rings. The minimum Gasteiger partial charge on any atom is -0.330 e. The van der Waals surface area contributed by atoms with Crippen molar-refractivity contribution in [2.24, 2.45) is 0 Å². The molecule has 2 N–H and O–H groups in total. The van der Waals surface area contributed by atoms with Crippen LogP contribution >= 0.6 is 15.9 Å². The van der Waals surface area contributed by atoms with Crippen LogP contribution in [-0.2, 0) is 9.84 Å². The van der Waals surface area contributed by atoms with Crippen molar-refractivity contribution in [2.75, 3.05) is 5.75 Å². The summed E-state index contributed by atoms with van der Waals surface area (Å²) in [6, 6.07) is 6.85. The number of hydrogen-bond donors (Lipinski definition) is 2. The molecule has 1 heterocycles. The van der Waals surface area contributed by atoms with E-state index in [1.165, 1.54) is 6.08 Å². The second-order valence-electron chi connectivity index (χ2n) is 4.15. The van der Waals surface area contributed by atoms with Crippen molar-refractivity contribution in [1.82, 2.24) is 10.6 Å². The smallest absolute Gasteiger partial charge is 0.322 e. The number of carbonyl (C=O) groups excluding carboxylic acids is 2. The summed E-state index contributed by atoms with van der Waals surface area (Å²) in [6.07, 6.45) is 1.38. The van der Waals surface area contributed by atoms with Crippen LogP contribution in [0.1, 0.15) is 10.4 Å². The fraction of sp³-hybridized carbons (Fsp3) is 0.167. The van der Waals surface area contributed by atoms with Crippen LogP contribution in [0.3, 0.4) is 0 Å². The highest BCUT2D eigenvalue weighted by atomic mass is 79.9. The first kappa shape index (κ1) is 14.7. The predicted octanol–water partition coefficient (Wildman–Crippen LogP) is 1.16. The Labute approximate surface area is 124 Å². The summed E-state index contributed by atoms with van der Waals surface area (Å²) >= 11 is 2.91. The molecule has 0 aromatic heterocycles. The molecule has 20 heavy (non-hydrogen) atoms. The van der Waals surface area contributed by atoms with Crippen molar-refractivity contribution >= 4 is 37.7 Å². The van der Waals surface area contributed by atoms with E-state index in [0.717, 1.165) is 0 Å². The van der Waals surface area contributed by atoms with Crippen LogP contribution < -0.4 is 10.6 Å². The Morgan fingerprint density at radius 1 is 1.20 bits per heavy atom. The summed E-state index contributed by atoms with van der Waals surface area (Å²) in [5, 5.41) is 4.55. The third kappa shape index (κ3) is 3.45. The number of rotatable bonds is 2. The highest BCUT2D eigenvalue weighted by molar-refractivity contribution is 9.13. The molecule has 1 aliphatic heterocycles. The fourth-order valence-corrected chi connectivity index (χ4v) is 3.58. The van der Waals surface area contributed by atoms with E-state index < -0.39 is 27.8 Å². The van der Waals surface area contributed by atoms with Gasteiger partial charge in [-0.1, -0.05) is 18.2 Å². The maximum absolute atomic E-state index is 11.7. The van der Waals surface area contributed by atoms with Gasteiger partial charge in [-0.2, -0.15) is 0 Å². The number of sulfone groups is 1. The van der Waals surface area contributed by atoms with E-state index in [1.54, 1.807) is 30.3 Å². The molecular weight excluding hydrogens is 348 g/mol. The number of carbonyl (C=O) groups is 2. The lowest BCUT2D eigenvalue weighted by molar-refractivity contribution is 0.0964. The average Bonchev–Trinajstić information content (AvgIpc) is 2.63. The monoisotopic (exact) mass is 358 g/mol. The summed E-state index contributed by atoms with van der Waals surface area (Å²) < 4.78 is 22.9. The number of imide groups is 1. The standard InChI is InChI=1S/C12H11BrN2O4S/c13-10-6-9(7-20(10,18)19)14-12(17)15-11(16)8-4-2-1-3-5-8/h1-6,9H,7H2,(H2,14,15,16,17). The summed E-state index contributed by atoms with van der Waals surface area (Å²) in [7, 11) is -3.35. The Hall–Kier alpha value is -1.67. The van der Waals surface area contributed by atoms with Gasteiger partial charge in [0.2, 0.25) is 0 Å². The zero-order valence-electron chi connectivity index (χ0n) is 10.2. The maximum Gasteiger partial charge on any atom is 0.322 e. The van der Waals surface area contributed by atoms with Gasteiger partial charge in [0.05, 0.1) is 11.8 Å². The van der Waals surface area contributed by atoms with Crippen LogP contribution in [0.4, 0.5) is 4.79 Å². The Morgan fingerprint density at radius 2 is 1.85 bits per heavy atom. The van der Waals surface area contributed by atoms with Crippen LogP contribution in [0.2, 0.25) is 0 Å². The van der Waals surface area contributed by atoms with E-state index in [-0.39, 0.29) is 9.57 Å². The SMILES string of the molecule is O=C(NC(=O)c1ccccc1)NC1C=C(Br)S(=O)(=O)C1. The third-order valence-corrected chi connectivity index (χ3v) is 5.88. The topological polar surface area (TPSA) is 92.3 Å². The van der Waals surface area contributed by atoms with Gasteiger partial charge in [0.25, 0.3) is 5.91 Å². The number of nitrogens with one attached hydrogen (secondary N) is 2. The summed E-state index contributed by atoms with van der Waals surface area (Å²) in [5.41, 5.74) is 0.346. The zero-order chi connectivity index (χ0) is 14.8. The molecule has 0 spiro atoms. The second-order valence-corrected chi connectivity index (χ2v) is 7.53. The van der Waals surface area contributed by atoms with Crippen LogP contribution in [-0.4, -0.2) is 32.2 Å². The molecule has 1 aromatic carbocycles. The van der Waals surface area contributed by atoms with Crippen molar-refractivity contribution in [2.45, 2.75) is 6.04 Å². The lowest BCUT2D eigenvalue weighted by atomic mass is 10.2. The normalized spacial score (nSPS) is 20.1. The van der Waals surface area contributed by atoms with E-state index in [1.807, 2.05) is 0 Å². The Bertz CT molecular complexity index is 670. The molecule has 1 unspecified atom stereocenters. The fourth-order valence-electron chi connectivity index (χ4n) is 1.68. The third-order valence-electron chi connectivity index (χ3n) is 2.61. The lowest BCUT2D eigenvalue weighted by Crippen LogP contribution is -2.44. The molecule has 1 aliphatic rings. The van der Waals surface area contributed by atoms with E-state index in [0.29, 0.717) is 5.56 Å².